The van der Waals surface area contributed by atoms with Crippen LogP contribution in [0.25, 0.3) is 54.9 Å². The third kappa shape index (κ3) is 4.01. The lowest BCUT2D eigenvalue weighted by atomic mass is 9.79. The van der Waals surface area contributed by atoms with Crippen molar-refractivity contribution in [3.63, 3.8) is 0 Å². The number of allylic oxidation sites excluding steroid dienone is 2. The van der Waals surface area contributed by atoms with Crippen LogP contribution in [0.3, 0.4) is 0 Å². The zero-order chi connectivity index (χ0) is 40.3. The third-order valence-electron chi connectivity index (χ3n) is 13.0. The quantitative estimate of drug-likeness (QED) is 0.110. The second kappa shape index (κ2) is 11.1. The molecule has 0 aromatic heterocycles. The SMILES string of the molecule is O=C1C(c2ccc3cccc4c3c2NC2(N4)c3ccccc3-c3ccccc32)=C(O)/C1=c1/ccc2c(S(=O)(=O)O)ccc3c2c1=NC1(N3)c2ccccc2-c2ccccc21. The smallest absolute Gasteiger partial charge is 0.295 e. The molecule has 0 bridgehead atoms. The van der Waals surface area contributed by atoms with Gasteiger partial charge in [0, 0.05) is 60.6 Å². The highest BCUT2D eigenvalue weighted by Gasteiger charge is 2.49. The number of carbonyl (C=O) groups excluding carboxylic acids is 1. The molecule has 8 aromatic carbocycles. The van der Waals surface area contributed by atoms with Crippen LogP contribution in [0.15, 0.2) is 167 Å². The highest BCUT2D eigenvalue weighted by molar-refractivity contribution is 7.86. The van der Waals surface area contributed by atoms with Crippen LogP contribution in [-0.2, 0) is 26.2 Å². The van der Waals surface area contributed by atoms with Gasteiger partial charge < -0.3 is 21.1 Å². The van der Waals surface area contributed by atoms with Gasteiger partial charge in [0.05, 0.1) is 22.2 Å². The van der Waals surface area contributed by atoms with Crippen LogP contribution in [0.5, 0.6) is 0 Å². The minimum absolute atomic E-state index is 0.0752. The molecule has 0 unspecified atom stereocenters. The monoisotopic (exact) mass is 798 g/mol. The highest BCUT2D eigenvalue weighted by Crippen LogP contribution is 2.56. The zero-order valence-electron chi connectivity index (χ0n) is 31.4. The van der Waals surface area contributed by atoms with Gasteiger partial charge in [-0.3, -0.25) is 9.35 Å². The summed E-state index contributed by atoms with van der Waals surface area (Å²) in [6.45, 7) is 0. The number of ketones is 1. The number of aliphatic hydroxyl groups excluding tert-OH is 1. The summed E-state index contributed by atoms with van der Waals surface area (Å²) in [5.74, 6) is -0.562. The van der Waals surface area contributed by atoms with Crippen molar-refractivity contribution in [2.45, 2.75) is 16.2 Å². The summed E-state index contributed by atoms with van der Waals surface area (Å²) in [6.07, 6.45) is 0. The lowest BCUT2D eigenvalue weighted by molar-refractivity contribution is -0.109. The minimum atomic E-state index is -4.65. The van der Waals surface area contributed by atoms with Gasteiger partial charge in [0.25, 0.3) is 10.1 Å². The zero-order valence-corrected chi connectivity index (χ0v) is 32.2. The van der Waals surface area contributed by atoms with E-state index in [1.165, 1.54) is 6.07 Å². The molecule has 0 atom stereocenters. The van der Waals surface area contributed by atoms with Gasteiger partial charge in [-0.1, -0.05) is 133 Å². The fourth-order valence-electron chi connectivity index (χ4n) is 10.6. The Bertz CT molecular complexity index is 3580. The van der Waals surface area contributed by atoms with Gasteiger partial charge in [-0.05, 0) is 45.8 Å². The lowest BCUT2D eigenvalue weighted by Gasteiger charge is -2.41. The van der Waals surface area contributed by atoms with Crippen LogP contribution in [0, 0.1) is 0 Å². The molecule has 2 heterocycles. The molecule has 0 fully saturated rings. The molecule has 0 saturated carbocycles. The second-order valence-electron chi connectivity index (χ2n) is 15.9. The standard InChI is InChI=1S/C50H30N4O5S/c55-47-43(32-21-20-26-10-9-19-38-41(26)45(32)53-49(51-38)34-15-5-1-11-27(34)28-12-2-6-16-35(28)49)48(56)44(47)33-23-22-31-40(60(57,58)59)25-24-39-42(31)46(33)54-50(52-39)36-17-7-3-13-29(36)30-14-4-8-18-37(30)50/h1-25,51-53,55H,(H,57,58,59)/b44-33+. The van der Waals surface area contributed by atoms with E-state index in [4.69, 9.17) is 4.99 Å². The normalized spacial score (nSPS) is 17.6. The maximum Gasteiger partial charge on any atom is 0.295 e. The van der Waals surface area contributed by atoms with Crippen molar-refractivity contribution in [1.29, 1.82) is 0 Å². The largest absolute Gasteiger partial charge is 0.506 e. The van der Waals surface area contributed by atoms with E-state index in [-0.39, 0.29) is 33.0 Å². The van der Waals surface area contributed by atoms with Gasteiger partial charge in [0.2, 0.25) is 5.78 Å². The van der Waals surface area contributed by atoms with Crippen molar-refractivity contribution in [3.8, 4) is 22.3 Å². The number of anilines is 3. The number of hydrogen-bond donors (Lipinski definition) is 5. The number of nitrogens with zero attached hydrogens (tertiary/aromatic N) is 1. The topological polar surface area (TPSA) is 140 Å². The van der Waals surface area contributed by atoms with Crippen molar-refractivity contribution < 1.29 is 22.9 Å². The van der Waals surface area contributed by atoms with E-state index in [0.29, 0.717) is 32.9 Å². The van der Waals surface area contributed by atoms with Crippen molar-refractivity contribution in [2.75, 3.05) is 16.0 Å². The predicted octanol–water partition coefficient (Wildman–Crippen LogP) is 8.59. The molecule has 60 heavy (non-hydrogen) atoms. The molecule has 9 nitrogen and oxygen atoms in total. The molecule has 0 saturated heterocycles. The molecule has 3 aliphatic carbocycles. The average molecular weight is 799 g/mol. The van der Waals surface area contributed by atoms with Gasteiger partial charge in [0.15, 0.2) is 11.3 Å². The Morgan fingerprint density at radius 1 is 0.533 bits per heavy atom. The third-order valence-corrected chi connectivity index (χ3v) is 13.9. The van der Waals surface area contributed by atoms with Crippen molar-refractivity contribution >= 4 is 65.7 Å². The van der Waals surface area contributed by atoms with E-state index in [9.17, 15) is 22.9 Å². The maximum absolute atomic E-state index is 14.9. The molecule has 2 aliphatic heterocycles. The first-order valence-electron chi connectivity index (χ1n) is 19.6. The molecule has 0 amide bonds. The number of rotatable bonds is 2. The van der Waals surface area contributed by atoms with Crippen LogP contribution in [0.2, 0.25) is 0 Å². The first kappa shape index (κ1) is 33.4. The van der Waals surface area contributed by atoms with Gasteiger partial charge in [-0.15, -0.1) is 0 Å². The number of fused-ring (bicyclic) bond motifs is 10. The Labute approximate surface area is 342 Å². The molecule has 10 heteroatoms. The Morgan fingerprint density at radius 3 is 1.77 bits per heavy atom. The number of nitrogens with one attached hydrogen (secondary N) is 3. The first-order chi connectivity index (χ1) is 29.2. The van der Waals surface area contributed by atoms with E-state index in [1.54, 1.807) is 18.2 Å². The summed E-state index contributed by atoms with van der Waals surface area (Å²) in [6, 6.07) is 48.6. The highest BCUT2D eigenvalue weighted by atomic mass is 32.2. The summed E-state index contributed by atoms with van der Waals surface area (Å²) < 4.78 is 35.8. The van der Waals surface area contributed by atoms with Crippen LogP contribution < -0.4 is 26.5 Å². The Balaban J connectivity index is 1.08. The molecule has 8 aromatic rings. The fourth-order valence-corrected chi connectivity index (χ4v) is 11.2. The number of carbonyl (C=O) groups is 1. The number of aliphatic hydroxyl groups is 1. The molecule has 5 aliphatic rings. The van der Waals surface area contributed by atoms with Crippen LogP contribution in [0.4, 0.5) is 17.1 Å². The summed E-state index contributed by atoms with van der Waals surface area (Å²) in [7, 11) is -4.65. The molecular weight excluding hydrogens is 769 g/mol. The number of benzene rings is 8. The average Bonchev–Trinajstić information content (AvgIpc) is 3.68. The molecule has 13 rings (SSSR count). The van der Waals surface area contributed by atoms with E-state index in [1.807, 2.05) is 103 Å². The molecular formula is C50H30N4O5S. The van der Waals surface area contributed by atoms with Crippen molar-refractivity contribution in [1.82, 2.24) is 0 Å². The summed E-state index contributed by atoms with van der Waals surface area (Å²) in [5.41, 5.74) is 9.02. The maximum atomic E-state index is 14.9. The lowest BCUT2D eigenvalue weighted by Crippen LogP contribution is -2.45. The Kier molecular flexibility index (Phi) is 6.21. The number of hydrogen-bond acceptors (Lipinski definition) is 8. The molecule has 0 radical (unpaired) electrons. The first-order valence-corrected chi connectivity index (χ1v) is 21.1. The van der Waals surface area contributed by atoms with Gasteiger partial charge in [-0.2, -0.15) is 8.42 Å². The van der Waals surface area contributed by atoms with Crippen molar-refractivity contribution in [3.05, 3.63) is 196 Å². The Morgan fingerprint density at radius 2 is 1.13 bits per heavy atom. The van der Waals surface area contributed by atoms with Gasteiger partial charge in [0.1, 0.15) is 10.7 Å². The summed E-state index contributed by atoms with van der Waals surface area (Å²) in [4.78, 5) is 20.1. The summed E-state index contributed by atoms with van der Waals surface area (Å²) in [5, 5.41) is 26.9. The fraction of sp³-hybridized carbons (Fsp3) is 0.0400. The second-order valence-corrected chi connectivity index (χ2v) is 17.3. The van der Waals surface area contributed by atoms with Crippen LogP contribution >= 0.6 is 0 Å². The predicted molar refractivity (Wildman–Crippen MR) is 233 cm³/mol. The van der Waals surface area contributed by atoms with E-state index in [0.717, 1.165) is 61.0 Å². The van der Waals surface area contributed by atoms with Gasteiger partial charge >= 0.3 is 0 Å². The molecule has 5 N–H and O–H groups in total. The van der Waals surface area contributed by atoms with Gasteiger partial charge in [-0.25, -0.2) is 4.99 Å². The van der Waals surface area contributed by atoms with E-state index < -0.39 is 21.4 Å². The van der Waals surface area contributed by atoms with E-state index >= 15 is 0 Å². The van der Waals surface area contributed by atoms with Crippen molar-refractivity contribution in [2.24, 2.45) is 4.99 Å². The summed E-state index contributed by atoms with van der Waals surface area (Å²) >= 11 is 0. The minimum Gasteiger partial charge on any atom is -0.506 e. The van der Waals surface area contributed by atoms with E-state index in [2.05, 4.69) is 40.2 Å². The number of Topliss-reactive ketones (excluding diaryl/α,β-unsaturated/α-hetero) is 1. The molecule has 2 spiro atoms. The molecule has 286 valence electrons. The Hall–Kier alpha value is -7.53. The van der Waals surface area contributed by atoms with Crippen LogP contribution in [-0.4, -0.2) is 23.9 Å². The van der Waals surface area contributed by atoms with Crippen LogP contribution in [0.1, 0.15) is 27.8 Å².